The van der Waals surface area contributed by atoms with Gasteiger partial charge >= 0.3 is 0 Å². The van der Waals surface area contributed by atoms with Gasteiger partial charge in [-0.2, -0.15) is 0 Å². The van der Waals surface area contributed by atoms with Crippen LogP contribution in [0.3, 0.4) is 0 Å². The summed E-state index contributed by atoms with van der Waals surface area (Å²) in [6.07, 6.45) is 1.60. The molecule has 1 aliphatic carbocycles. The SMILES string of the molecule is NC1=Cc2cc3c(-c4ccccc4)c4ccccc4cc3cc2C(=O)C1=O. The van der Waals surface area contributed by atoms with Crippen molar-refractivity contribution in [3.8, 4) is 11.1 Å². The molecule has 0 heterocycles. The Labute approximate surface area is 155 Å². The van der Waals surface area contributed by atoms with E-state index in [1.54, 1.807) is 6.08 Å². The van der Waals surface area contributed by atoms with Crippen LogP contribution in [0.4, 0.5) is 0 Å². The van der Waals surface area contributed by atoms with Crippen LogP contribution in [0.2, 0.25) is 0 Å². The van der Waals surface area contributed by atoms with E-state index in [2.05, 4.69) is 30.3 Å². The second kappa shape index (κ2) is 5.64. The molecule has 0 bridgehead atoms. The van der Waals surface area contributed by atoms with Gasteiger partial charge in [0, 0.05) is 5.56 Å². The molecule has 0 saturated carbocycles. The molecule has 0 atom stereocenters. The maximum Gasteiger partial charge on any atom is 0.249 e. The predicted molar refractivity (Wildman–Crippen MR) is 108 cm³/mol. The molecule has 0 saturated heterocycles. The van der Waals surface area contributed by atoms with E-state index < -0.39 is 11.6 Å². The molecular weight excluding hydrogens is 334 g/mol. The lowest BCUT2D eigenvalue weighted by molar-refractivity contribution is -0.111. The molecule has 3 heteroatoms. The average Bonchev–Trinajstić information content (AvgIpc) is 2.70. The van der Waals surface area contributed by atoms with Gasteiger partial charge in [0.25, 0.3) is 0 Å². The van der Waals surface area contributed by atoms with Crippen LogP contribution >= 0.6 is 0 Å². The maximum atomic E-state index is 12.4. The highest BCUT2D eigenvalue weighted by Crippen LogP contribution is 2.38. The molecule has 0 aliphatic heterocycles. The molecule has 3 nitrogen and oxygen atoms in total. The van der Waals surface area contributed by atoms with Crippen molar-refractivity contribution in [1.29, 1.82) is 0 Å². The van der Waals surface area contributed by atoms with Crippen molar-refractivity contribution in [1.82, 2.24) is 0 Å². The van der Waals surface area contributed by atoms with Gasteiger partial charge < -0.3 is 5.73 Å². The fourth-order valence-corrected chi connectivity index (χ4v) is 3.85. The van der Waals surface area contributed by atoms with Crippen molar-refractivity contribution in [3.63, 3.8) is 0 Å². The van der Waals surface area contributed by atoms with Crippen molar-refractivity contribution in [2.24, 2.45) is 5.73 Å². The number of nitrogens with two attached hydrogens (primary N) is 1. The smallest absolute Gasteiger partial charge is 0.249 e. The van der Waals surface area contributed by atoms with Crippen molar-refractivity contribution in [2.75, 3.05) is 0 Å². The number of allylic oxidation sites excluding steroid dienone is 1. The van der Waals surface area contributed by atoms with E-state index in [9.17, 15) is 9.59 Å². The quantitative estimate of drug-likeness (QED) is 0.399. The summed E-state index contributed by atoms with van der Waals surface area (Å²) < 4.78 is 0. The van der Waals surface area contributed by atoms with E-state index in [1.165, 1.54) is 0 Å². The number of carbonyl (C=O) groups is 2. The zero-order valence-corrected chi connectivity index (χ0v) is 14.4. The van der Waals surface area contributed by atoms with Crippen LogP contribution in [0.15, 0.2) is 78.5 Å². The summed E-state index contributed by atoms with van der Waals surface area (Å²) >= 11 is 0. The summed E-state index contributed by atoms with van der Waals surface area (Å²) in [5.74, 6) is -1.17. The minimum absolute atomic E-state index is 0.00565. The van der Waals surface area contributed by atoms with Gasteiger partial charge in [0.15, 0.2) is 0 Å². The van der Waals surface area contributed by atoms with E-state index >= 15 is 0 Å². The van der Waals surface area contributed by atoms with Crippen molar-refractivity contribution < 1.29 is 9.59 Å². The van der Waals surface area contributed by atoms with Gasteiger partial charge in [-0.25, -0.2) is 0 Å². The Kier molecular flexibility index (Phi) is 3.25. The number of hydrogen-bond donors (Lipinski definition) is 1. The molecule has 2 N–H and O–H groups in total. The second-order valence-electron chi connectivity index (χ2n) is 6.76. The summed E-state index contributed by atoms with van der Waals surface area (Å²) in [7, 11) is 0. The lowest BCUT2D eigenvalue weighted by atomic mass is 9.86. The number of hydrogen-bond acceptors (Lipinski definition) is 3. The van der Waals surface area contributed by atoms with Gasteiger partial charge in [0.2, 0.25) is 11.6 Å². The molecule has 1 aliphatic rings. The normalized spacial score (nSPS) is 13.7. The van der Waals surface area contributed by atoms with Gasteiger partial charge in [0.05, 0.1) is 5.70 Å². The highest BCUT2D eigenvalue weighted by atomic mass is 16.2. The van der Waals surface area contributed by atoms with Crippen molar-refractivity contribution in [3.05, 3.63) is 89.6 Å². The van der Waals surface area contributed by atoms with Crippen molar-refractivity contribution >= 4 is 39.2 Å². The molecule has 128 valence electrons. The molecule has 27 heavy (non-hydrogen) atoms. The van der Waals surface area contributed by atoms with Gasteiger partial charge in [-0.1, -0.05) is 54.6 Å². The molecule has 0 fully saturated rings. The van der Waals surface area contributed by atoms with Crippen LogP contribution in [-0.2, 0) is 4.79 Å². The number of ketones is 2. The van der Waals surface area contributed by atoms with Crippen LogP contribution in [0.1, 0.15) is 15.9 Å². The number of rotatable bonds is 1. The summed E-state index contributed by atoms with van der Waals surface area (Å²) in [6.45, 7) is 0. The summed E-state index contributed by atoms with van der Waals surface area (Å²) in [5.41, 5.74) is 9.08. The van der Waals surface area contributed by atoms with E-state index in [-0.39, 0.29) is 5.70 Å². The Morgan fingerprint density at radius 1 is 0.667 bits per heavy atom. The van der Waals surface area contributed by atoms with Crippen LogP contribution < -0.4 is 5.73 Å². The standard InChI is InChI=1S/C24H15NO2/c25-21-13-17-11-19-16(12-20(17)23(26)24(21)27)10-15-8-4-5-9-18(15)22(19)14-6-2-1-3-7-14/h1-13H,25H2. The number of Topliss-reactive ketones (excluding diaryl/α,β-unsaturated/α-hetero) is 2. The van der Waals surface area contributed by atoms with Crippen LogP contribution in [0.25, 0.3) is 38.7 Å². The molecule has 4 aromatic rings. The van der Waals surface area contributed by atoms with E-state index in [0.29, 0.717) is 11.1 Å². The Balaban J connectivity index is 1.95. The average molecular weight is 349 g/mol. The largest absolute Gasteiger partial charge is 0.395 e. The van der Waals surface area contributed by atoms with Crippen molar-refractivity contribution in [2.45, 2.75) is 0 Å². The van der Waals surface area contributed by atoms with Crippen LogP contribution in [0.5, 0.6) is 0 Å². The maximum absolute atomic E-state index is 12.4. The third-order valence-electron chi connectivity index (χ3n) is 5.12. The first-order chi connectivity index (χ1) is 13.1. The lowest BCUT2D eigenvalue weighted by Crippen LogP contribution is -2.25. The molecule has 0 spiro atoms. The molecule has 0 amide bonds. The van der Waals surface area contributed by atoms with Crippen LogP contribution in [0, 0.1) is 0 Å². The van der Waals surface area contributed by atoms with Gasteiger partial charge in [-0.05, 0) is 62.5 Å². The predicted octanol–water partition coefficient (Wildman–Crippen LogP) is 4.73. The topological polar surface area (TPSA) is 60.2 Å². The number of carbonyl (C=O) groups excluding carboxylic acids is 2. The Bertz CT molecular complexity index is 1300. The molecule has 0 radical (unpaired) electrons. The lowest BCUT2D eigenvalue weighted by Gasteiger charge is -2.17. The summed E-state index contributed by atoms with van der Waals surface area (Å²) in [6, 6.07) is 24.2. The van der Waals surface area contributed by atoms with E-state index in [1.807, 2.05) is 42.5 Å². The minimum atomic E-state index is -0.633. The molecule has 0 unspecified atom stereocenters. The van der Waals surface area contributed by atoms with Crippen LogP contribution in [-0.4, -0.2) is 11.6 Å². The third-order valence-corrected chi connectivity index (χ3v) is 5.12. The van der Waals surface area contributed by atoms with Gasteiger partial charge in [0.1, 0.15) is 0 Å². The number of benzene rings is 4. The van der Waals surface area contributed by atoms with Gasteiger partial charge in [-0.3, -0.25) is 9.59 Å². The first-order valence-electron chi connectivity index (χ1n) is 8.74. The second-order valence-corrected chi connectivity index (χ2v) is 6.76. The zero-order valence-electron chi connectivity index (χ0n) is 14.4. The minimum Gasteiger partial charge on any atom is -0.395 e. The monoisotopic (exact) mass is 349 g/mol. The Morgan fingerprint density at radius 2 is 1.41 bits per heavy atom. The number of fused-ring (bicyclic) bond motifs is 3. The highest BCUT2D eigenvalue weighted by Gasteiger charge is 2.26. The van der Waals surface area contributed by atoms with E-state index in [0.717, 1.165) is 32.7 Å². The van der Waals surface area contributed by atoms with E-state index in [4.69, 9.17) is 5.73 Å². The first kappa shape index (κ1) is 15.5. The summed E-state index contributed by atoms with van der Waals surface area (Å²) in [4.78, 5) is 24.4. The molecule has 5 rings (SSSR count). The highest BCUT2D eigenvalue weighted by molar-refractivity contribution is 6.51. The molecule has 0 aromatic heterocycles. The Morgan fingerprint density at radius 3 is 2.22 bits per heavy atom. The third kappa shape index (κ3) is 2.29. The van der Waals surface area contributed by atoms with Gasteiger partial charge in [-0.15, -0.1) is 0 Å². The fourth-order valence-electron chi connectivity index (χ4n) is 3.85. The first-order valence-corrected chi connectivity index (χ1v) is 8.74. The molecule has 4 aromatic carbocycles. The summed E-state index contributed by atoms with van der Waals surface area (Å²) in [5, 5.41) is 4.20. The molecular formula is C24H15NO2. The Hall–Kier alpha value is -3.72. The zero-order chi connectivity index (χ0) is 18.5. The fraction of sp³-hybridized carbons (Fsp3) is 0.